The quantitative estimate of drug-likeness (QED) is 0.688. The molecule has 0 unspecified atom stereocenters. The van der Waals surface area contributed by atoms with Gasteiger partial charge in [0.1, 0.15) is 0 Å². The summed E-state index contributed by atoms with van der Waals surface area (Å²) in [6.07, 6.45) is 2.08. The Bertz CT molecular complexity index is 568. The number of anilines is 1. The van der Waals surface area contributed by atoms with Crippen LogP contribution in [0.3, 0.4) is 0 Å². The second-order valence-electron chi connectivity index (χ2n) is 4.63. The van der Waals surface area contributed by atoms with E-state index in [4.69, 9.17) is 0 Å². The van der Waals surface area contributed by atoms with Crippen LogP contribution in [0.2, 0.25) is 0 Å². The third-order valence-electron chi connectivity index (χ3n) is 3.15. The SMILES string of the molecule is CCCCN(C(=O)c1ccccc1I)c1ccccc1. The molecule has 0 saturated carbocycles. The van der Waals surface area contributed by atoms with Crippen molar-refractivity contribution in [1.29, 1.82) is 0 Å². The molecule has 0 N–H and O–H groups in total. The van der Waals surface area contributed by atoms with Crippen LogP contribution in [0.5, 0.6) is 0 Å². The van der Waals surface area contributed by atoms with Crippen molar-refractivity contribution in [1.82, 2.24) is 0 Å². The van der Waals surface area contributed by atoms with E-state index in [9.17, 15) is 4.79 Å². The maximum Gasteiger partial charge on any atom is 0.259 e. The molecule has 0 aliphatic heterocycles. The molecule has 2 rings (SSSR count). The van der Waals surface area contributed by atoms with Crippen molar-refractivity contribution in [2.75, 3.05) is 11.4 Å². The Hall–Kier alpha value is -1.36. The molecule has 104 valence electrons. The molecule has 0 bridgehead atoms. The summed E-state index contributed by atoms with van der Waals surface area (Å²) in [5.74, 6) is 0.0784. The first-order valence-corrected chi connectivity index (χ1v) is 7.93. The highest BCUT2D eigenvalue weighted by molar-refractivity contribution is 14.1. The van der Waals surface area contributed by atoms with Gasteiger partial charge < -0.3 is 4.90 Å². The molecule has 0 atom stereocenters. The third kappa shape index (κ3) is 3.60. The van der Waals surface area contributed by atoms with Crippen molar-refractivity contribution in [3.05, 3.63) is 63.7 Å². The Kier molecular flexibility index (Phi) is 5.59. The smallest absolute Gasteiger partial charge is 0.259 e. The molecular weight excluding hydrogens is 361 g/mol. The zero-order valence-corrected chi connectivity index (χ0v) is 13.7. The molecule has 2 aromatic carbocycles. The molecule has 0 heterocycles. The van der Waals surface area contributed by atoms with Gasteiger partial charge >= 0.3 is 0 Å². The van der Waals surface area contributed by atoms with Crippen LogP contribution in [0.1, 0.15) is 30.1 Å². The van der Waals surface area contributed by atoms with E-state index in [1.165, 1.54) is 0 Å². The maximum absolute atomic E-state index is 12.8. The molecule has 2 nitrogen and oxygen atoms in total. The highest BCUT2D eigenvalue weighted by Crippen LogP contribution is 2.20. The highest BCUT2D eigenvalue weighted by atomic mass is 127. The van der Waals surface area contributed by atoms with Crippen molar-refractivity contribution in [2.24, 2.45) is 0 Å². The zero-order chi connectivity index (χ0) is 14.4. The normalized spacial score (nSPS) is 10.3. The summed E-state index contributed by atoms with van der Waals surface area (Å²) in [5, 5.41) is 0. The average molecular weight is 379 g/mol. The van der Waals surface area contributed by atoms with Gasteiger partial charge in [0.25, 0.3) is 5.91 Å². The number of benzene rings is 2. The van der Waals surface area contributed by atoms with Crippen LogP contribution < -0.4 is 4.90 Å². The summed E-state index contributed by atoms with van der Waals surface area (Å²) in [5.41, 5.74) is 1.73. The predicted molar refractivity (Wildman–Crippen MR) is 92.2 cm³/mol. The fraction of sp³-hybridized carbons (Fsp3) is 0.235. The van der Waals surface area contributed by atoms with E-state index in [1.54, 1.807) is 0 Å². The van der Waals surface area contributed by atoms with E-state index in [-0.39, 0.29) is 5.91 Å². The summed E-state index contributed by atoms with van der Waals surface area (Å²) in [6, 6.07) is 17.6. The van der Waals surface area contributed by atoms with Crippen LogP contribution >= 0.6 is 22.6 Å². The zero-order valence-electron chi connectivity index (χ0n) is 11.6. The molecule has 0 aromatic heterocycles. The number of carbonyl (C=O) groups is 1. The van der Waals surface area contributed by atoms with Gasteiger partial charge in [0.05, 0.1) is 5.56 Å². The summed E-state index contributed by atoms with van der Waals surface area (Å²) in [4.78, 5) is 14.7. The van der Waals surface area contributed by atoms with Gasteiger partial charge in [0, 0.05) is 15.8 Å². The lowest BCUT2D eigenvalue weighted by Crippen LogP contribution is -2.32. The number of hydrogen-bond acceptors (Lipinski definition) is 1. The second kappa shape index (κ2) is 7.43. The monoisotopic (exact) mass is 379 g/mol. The van der Waals surface area contributed by atoms with Crippen LogP contribution in [0.25, 0.3) is 0 Å². The van der Waals surface area contributed by atoms with Gasteiger partial charge in [0.2, 0.25) is 0 Å². The lowest BCUT2D eigenvalue weighted by atomic mass is 10.1. The van der Waals surface area contributed by atoms with E-state index in [0.29, 0.717) is 0 Å². The highest BCUT2D eigenvalue weighted by Gasteiger charge is 2.18. The first-order valence-electron chi connectivity index (χ1n) is 6.85. The molecule has 3 heteroatoms. The Labute approximate surface area is 133 Å². The van der Waals surface area contributed by atoms with Gasteiger partial charge in [-0.05, 0) is 53.3 Å². The number of amides is 1. The van der Waals surface area contributed by atoms with Gasteiger partial charge in [0.15, 0.2) is 0 Å². The number of rotatable bonds is 5. The van der Waals surface area contributed by atoms with Crippen molar-refractivity contribution >= 4 is 34.2 Å². The molecule has 2 aromatic rings. The lowest BCUT2D eigenvalue weighted by molar-refractivity contribution is 0.0985. The average Bonchev–Trinajstić information content (AvgIpc) is 2.49. The van der Waals surface area contributed by atoms with Crippen LogP contribution in [-0.4, -0.2) is 12.5 Å². The topological polar surface area (TPSA) is 20.3 Å². The predicted octanol–water partition coefficient (Wildman–Crippen LogP) is 4.74. The van der Waals surface area contributed by atoms with Gasteiger partial charge in [-0.25, -0.2) is 0 Å². The molecule has 0 fully saturated rings. The van der Waals surface area contributed by atoms with E-state index < -0.39 is 0 Å². The van der Waals surface area contributed by atoms with E-state index in [2.05, 4.69) is 29.5 Å². The molecule has 0 aliphatic rings. The fourth-order valence-corrected chi connectivity index (χ4v) is 2.67. The molecule has 0 spiro atoms. The van der Waals surface area contributed by atoms with Crippen molar-refractivity contribution in [3.8, 4) is 0 Å². The number of nitrogens with zero attached hydrogens (tertiary/aromatic N) is 1. The summed E-state index contributed by atoms with van der Waals surface area (Å²) >= 11 is 2.22. The fourth-order valence-electron chi connectivity index (χ4n) is 2.05. The van der Waals surface area contributed by atoms with Crippen molar-refractivity contribution < 1.29 is 4.79 Å². The first kappa shape index (κ1) is 15.0. The Balaban J connectivity index is 2.32. The van der Waals surface area contributed by atoms with Crippen LogP contribution in [0.15, 0.2) is 54.6 Å². The Morgan fingerprint density at radius 2 is 1.70 bits per heavy atom. The third-order valence-corrected chi connectivity index (χ3v) is 4.09. The van der Waals surface area contributed by atoms with Crippen LogP contribution in [0.4, 0.5) is 5.69 Å². The summed E-state index contributed by atoms with van der Waals surface area (Å²) < 4.78 is 0.993. The maximum atomic E-state index is 12.8. The van der Waals surface area contributed by atoms with Gasteiger partial charge in [-0.3, -0.25) is 4.79 Å². The minimum atomic E-state index is 0.0784. The molecular formula is C17H18INO. The van der Waals surface area contributed by atoms with Crippen LogP contribution in [-0.2, 0) is 0 Å². The van der Waals surface area contributed by atoms with E-state index in [1.807, 2.05) is 59.5 Å². The van der Waals surface area contributed by atoms with E-state index >= 15 is 0 Å². The molecule has 0 radical (unpaired) electrons. The Morgan fingerprint density at radius 1 is 1.05 bits per heavy atom. The van der Waals surface area contributed by atoms with Gasteiger partial charge in [-0.2, -0.15) is 0 Å². The van der Waals surface area contributed by atoms with Crippen molar-refractivity contribution in [3.63, 3.8) is 0 Å². The first-order chi connectivity index (χ1) is 9.74. The van der Waals surface area contributed by atoms with Gasteiger partial charge in [-0.15, -0.1) is 0 Å². The molecule has 20 heavy (non-hydrogen) atoms. The molecule has 1 amide bonds. The van der Waals surface area contributed by atoms with Gasteiger partial charge in [-0.1, -0.05) is 43.7 Å². The number of halogens is 1. The second-order valence-corrected chi connectivity index (χ2v) is 5.79. The van der Waals surface area contributed by atoms with Crippen molar-refractivity contribution in [2.45, 2.75) is 19.8 Å². The van der Waals surface area contributed by atoms with Crippen LogP contribution in [0, 0.1) is 3.57 Å². The lowest BCUT2D eigenvalue weighted by Gasteiger charge is -2.23. The minimum absolute atomic E-state index is 0.0784. The summed E-state index contributed by atoms with van der Waals surface area (Å²) in [7, 11) is 0. The molecule has 0 aliphatic carbocycles. The minimum Gasteiger partial charge on any atom is -0.308 e. The molecule has 0 saturated heterocycles. The number of para-hydroxylation sites is 1. The number of unbranched alkanes of at least 4 members (excludes halogenated alkanes) is 1. The number of hydrogen-bond donors (Lipinski definition) is 0. The largest absolute Gasteiger partial charge is 0.308 e. The Morgan fingerprint density at radius 3 is 2.35 bits per heavy atom. The summed E-state index contributed by atoms with van der Waals surface area (Å²) in [6.45, 7) is 2.89. The standard InChI is InChI=1S/C17H18INO/c1-2-3-13-19(14-9-5-4-6-10-14)17(20)15-11-7-8-12-16(15)18/h4-12H,2-3,13H2,1H3. The number of carbonyl (C=O) groups excluding carboxylic acids is 1. The van der Waals surface area contributed by atoms with E-state index in [0.717, 1.165) is 34.2 Å².